The lowest BCUT2D eigenvalue weighted by molar-refractivity contribution is 0.0521. The number of aromatic nitrogens is 1. The van der Waals surface area contributed by atoms with Crippen molar-refractivity contribution in [1.29, 1.82) is 0 Å². The number of ether oxygens (including phenoxy) is 3. The SMILES string of the molecule is CCOC(=O)c1ccccc1OCc1cc(/C=N/NC(=O)c2cccnc2)ccc1OC. The van der Waals surface area contributed by atoms with Crippen LogP contribution < -0.4 is 14.9 Å². The maximum atomic E-state index is 12.1. The second kappa shape index (κ2) is 11.3. The van der Waals surface area contributed by atoms with Gasteiger partial charge in [0.05, 0.1) is 25.5 Å². The molecule has 0 aliphatic rings. The van der Waals surface area contributed by atoms with Crippen molar-refractivity contribution in [2.45, 2.75) is 13.5 Å². The van der Waals surface area contributed by atoms with Crippen LogP contribution in [0.15, 0.2) is 72.1 Å². The van der Waals surface area contributed by atoms with Gasteiger partial charge in [-0.1, -0.05) is 12.1 Å². The summed E-state index contributed by atoms with van der Waals surface area (Å²) in [5, 5.41) is 4.00. The molecule has 32 heavy (non-hydrogen) atoms. The number of rotatable bonds is 9. The van der Waals surface area contributed by atoms with Gasteiger partial charge in [-0.15, -0.1) is 0 Å². The molecule has 1 amide bonds. The molecule has 0 radical (unpaired) electrons. The molecule has 0 bridgehead atoms. The fourth-order valence-electron chi connectivity index (χ4n) is 2.84. The smallest absolute Gasteiger partial charge is 0.341 e. The van der Waals surface area contributed by atoms with E-state index in [1.54, 1.807) is 68.8 Å². The molecular weight excluding hydrogens is 410 g/mol. The van der Waals surface area contributed by atoms with Crippen molar-refractivity contribution in [3.8, 4) is 11.5 Å². The number of methoxy groups -OCH3 is 1. The van der Waals surface area contributed by atoms with Crippen molar-refractivity contribution in [2.75, 3.05) is 13.7 Å². The molecule has 3 aromatic rings. The molecular formula is C24H23N3O5. The van der Waals surface area contributed by atoms with Crippen molar-refractivity contribution >= 4 is 18.1 Å². The highest BCUT2D eigenvalue weighted by Gasteiger charge is 2.14. The van der Waals surface area contributed by atoms with Crippen molar-refractivity contribution < 1.29 is 23.8 Å². The summed E-state index contributed by atoms with van der Waals surface area (Å²) in [7, 11) is 1.56. The Hall–Kier alpha value is -4.20. The van der Waals surface area contributed by atoms with Crippen molar-refractivity contribution in [1.82, 2.24) is 10.4 Å². The van der Waals surface area contributed by atoms with E-state index in [9.17, 15) is 9.59 Å². The zero-order valence-corrected chi connectivity index (χ0v) is 17.8. The summed E-state index contributed by atoms with van der Waals surface area (Å²) in [6, 6.07) is 15.6. The summed E-state index contributed by atoms with van der Waals surface area (Å²) in [4.78, 5) is 28.1. The maximum absolute atomic E-state index is 12.1. The molecule has 2 aromatic carbocycles. The van der Waals surface area contributed by atoms with Gasteiger partial charge in [-0.3, -0.25) is 9.78 Å². The predicted octanol–water partition coefficient (Wildman–Crippen LogP) is 3.61. The molecule has 8 heteroatoms. The number of hydrazone groups is 1. The monoisotopic (exact) mass is 433 g/mol. The number of amides is 1. The molecule has 0 saturated heterocycles. The van der Waals surface area contributed by atoms with E-state index in [1.165, 1.54) is 12.4 Å². The molecule has 3 rings (SSSR count). The van der Waals surface area contributed by atoms with Gasteiger partial charge in [0.15, 0.2) is 0 Å². The third-order valence-electron chi connectivity index (χ3n) is 4.37. The molecule has 164 valence electrons. The van der Waals surface area contributed by atoms with Gasteiger partial charge in [0, 0.05) is 18.0 Å². The highest BCUT2D eigenvalue weighted by Crippen LogP contribution is 2.24. The number of nitrogens with one attached hydrogen (secondary N) is 1. The Morgan fingerprint density at radius 1 is 1.09 bits per heavy atom. The van der Waals surface area contributed by atoms with Crippen LogP contribution in [0.25, 0.3) is 0 Å². The standard InChI is InChI=1S/C24H23N3O5/c1-3-31-24(29)20-8-4-5-9-22(20)32-16-19-13-17(10-11-21(19)30-2)14-26-27-23(28)18-7-6-12-25-15-18/h4-15H,3,16H2,1-2H3,(H,27,28)/b26-14+. The number of nitrogens with zero attached hydrogens (tertiary/aromatic N) is 2. The van der Waals surface area contributed by atoms with Crippen LogP contribution in [-0.2, 0) is 11.3 Å². The Morgan fingerprint density at radius 3 is 2.69 bits per heavy atom. The number of benzene rings is 2. The van der Waals surface area contributed by atoms with E-state index >= 15 is 0 Å². The number of para-hydroxylation sites is 1. The quantitative estimate of drug-likeness (QED) is 0.314. The third kappa shape index (κ3) is 5.91. The largest absolute Gasteiger partial charge is 0.496 e. The lowest BCUT2D eigenvalue weighted by Gasteiger charge is -2.13. The van der Waals surface area contributed by atoms with Crippen LogP contribution in [0.4, 0.5) is 0 Å². The normalized spacial score (nSPS) is 10.6. The summed E-state index contributed by atoms with van der Waals surface area (Å²) in [5.41, 5.74) is 4.70. The molecule has 1 heterocycles. The molecule has 0 aliphatic heterocycles. The van der Waals surface area contributed by atoms with E-state index in [2.05, 4.69) is 15.5 Å². The summed E-state index contributed by atoms with van der Waals surface area (Å²) in [6.45, 7) is 2.18. The summed E-state index contributed by atoms with van der Waals surface area (Å²) >= 11 is 0. The topological polar surface area (TPSA) is 99.1 Å². The number of pyridine rings is 1. The van der Waals surface area contributed by atoms with Crippen molar-refractivity contribution in [2.24, 2.45) is 5.10 Å². The van der Waals surface area contributed by atoms with Gasteiger partial charge in [-0.2, -0.15) is 5.10 Å². The van der Waals surface area contributed by atoms with E-state index in [0.717, 1.165) is 11.1 Å². The molecule has 8 nitrogen and oxygen atoms in total. The number of carbonyl (C=O) groups excluding carboxylic acids is 2. The molecule has 0 fully saturated rings. The van der Waals surface area contributed by atoms with Gasteiger partial charge >= 0.3 is 5.97 Å². The molecule has 1 N–H and O–H groups in total. The third-order valence-corrected chi connectivity index (χ3v) is 4.37. The van der Waals surface area contributed by atoms with Crippen LogP contribution >= 0.6 is 0 Å². The minimum atomic E-state index is -0.444. The van der Waals surface area contributed by atoms with Crippen LogP contribution in [0.3, 0.4) is 0 Å². The van der Waals surface area contributed by atoms with Gasteiger partial charge in [0.2, 0.25) is 0 Å². The number of carbonyl (C=O) groups is 2. The zero-order chi connectivity index (χ0) is 22.8. The van der Waals surface area contributed by atoms with Crippen molar-refractivity contribution in [3.05, 3.63) is 89.2 Å². The average molecular weight is 433 g/mol. The molecule has 0 unspecified atom stereocenters. The molecule has 0 saturated carbocycles. The van der Waals surface area contributed by atoms with Crippen LogP contribution in [-0.4, -0.2) is 36.8 Å². The van der Waals surface area contributed by atoms with Gasteiger partial charge in [-0.05, 0) is 55.0 Å². The first-order valence-electron chi connectivity index (χ1n) is 9.91. The minimum absolute atomic E-state index is 0.156. The second-order valence-corrected chi connectivity index (χ2v) is 6.52. The second-order valence-electron chi connectivity index (χ2n) is 6.52. The first-order chi connectivity index (χ1) is 15.6. The fraction of sp³-hybridized carbons (Fsp3) is 0.167. The Labute approximate surface area is 185 Å². The highest BCUT2D eigenvalue weighted by atomic mass is 16.5. The van der Waals surface area contributed by atoms with Crippen molar-refractivity contribution in [3.63, 3.8) is 0 Å². The van der Waals surface area contributed by atoms with Crippen LogP contribution in [0.2, 0.25) is 0 Å². The summed E-state index contributed by atoms with van der Waals surface area (Å²) < 4.78 is 16.4. The lowest BCUT2D eigenvalue weighted by atomic mass is 10.1. The number of hydrogen-bond acceptors (Lipinski definition) is 7. The average Bonchev–Trinajstić information content (AvgIpc) is 2.83. The van der Waals surface area contributed by atoms with Crippen LogP contribution in [0.1, 0.15) is 38.8 Å². The van der Waals surface area contributed by atoms with E-state index in [1.807, 2.05) is 6.07 Å². The molecule has 0 spiro atoms. The Kier molecular flexibility index (Phi) is 7.91. The zero-order valence-electron chi connectivity index (χ0n) is 17.8. The van der Waals surface area contributed by atoms with E-state index in [4.69, 9.17) is 14.2 Å². The summed E-state index contributed by atoms with van der Waals surface area (Å²) in [5.74, 6) is 0.230. The van der Waals surface area contributed by atoms with Crippen LogP contribution in [0.5, 0.6) is 11.5 Å². The Bertz CT molecular complexity index is 1100. The first kappa shape index (κ1) is 22.5. The Morgan fingerprint density at radius 2 is 1.94 bits per heavy atom. The van der Waals surface area contributed by atoms with Gasteiger partial charge in [0.1, 0.15) is 23.7 Å². The summed E-state index contributed by atoms with van der Waals surface area (Å²) in [6.07, 6.45) is 4.57. The fourth-order valence-corrected chi connectivity index (χ4v) is 2.84. The maximum Gasteiger partial charge on any atom is 0.341 e. The van der Waals surface area contributed by atoms with E-state index in [-0.39, 0.29) is 19.1 Å². The molecule has 0 aliphatic carbocycles. The van der Waals surface area contributed by atoms with E-state index in [0.29, 0.717) is 22.6 Å². The molecule has 0 atom stereocenters. The van der Waals surface area contributed by atoms with Gasteiger partial charge < -0.3 is 14.2 Å². The van der Waals surface area contributed by atoms with Gasteiger partial charge in [-0.25, -0.2) is 10.2 Å². The number of esters is 1. The highest BCUT2D eigenvalue weighted by molar-refractivity contribution is 5.94. The first-order valence-corrected chi connectivity index (χ1v) is 9.91. The van der Waals surface area contributed by atoms with Crippen LogP contribution in [0, 0.1) is 0 Å². The lowest BCUT2D eigenvalue weighted by Crippen LogP contribution is -2.17. The number of hydrogen-bond donors (Lipinski definition) is 1. The Balaban J connectivity index is 1.71. The predicted molar refractivity (Wildman–Crippen MR) is 119 cm³/mol. The van der Waals surface area contributed by atoms with E-state index < -0.39 is 5.97 Å². The van der Waals surface area contributed by atoms with Gasteiger partial charge in [0.25, 0.3) is 5.91 Å². The minimum Gasteiger partial charge on any atom is -0.496 e. The molecule has 1 aromatic heterocycles.